The minimum Gasteiger partial charge on any atom is -0.349 e. The van der Waals surface area contributed by atoms with Crippen molar-refractivity contribution in [1.29, 1.82) is 0 Å². The van der Waals surface area contributed by atoms with Gasteiger partial charge in [-0.3, -0.25) is 4.79 Å². The zero-order chi connectivity index (χ0) is 13.0. The predicted octanol–water partition coefficient (Wildman–Crippen LogP) is 3.94. The van der Waals surface area contributed by atoms with E-state index in [2.05, 4.69) is 12.2 Å². The monoisotopic (exact) mass is 259 g/mol. The molecule has 0 bridgehead atoms. The normalized spacial score (nSPS) is 12.1. The molecule has 1 aromatic carbocycles. The van der Waals surface area contributed by atoms with Crippen LogP contribution in [0.15, 0.2) is 41.8 Å². The molecule has 18 heavy (non-hydrogen) atoms. The lowest BCUT2D eigenvalue weighted by Gasteiger charge is -2.11. The lowest BCUT2D eigenvalue weighted by Crippen LogP contribution is -2.31. The zero-order valence-corrected chi connectivity index (χ0v) is 11.5. The average molecular weight is 259 g/mol. The van der Waals surface area contributed by atoms with Crippen LogP contribution in [0, 0.1) is 0 Å². The van der Waals surface area contributed by atoms with Crippen molar-refractivity contribution in [2.45, 2.75) is 26.3 Å². The molecule has 0 saturated carbocycles. The Balaban J connectivity index is 2.26. The van der Waals surface area contributed by atoms with Crippen molar-refractivity contribution >= 4 is 17.2 Å². The van der Waals surface area contributed by atoms with Crippen molar-refractivity contribution in [2.24, 2.45) is 0 Å². The first-order valence-corrected chi connectivity index (χ1v) is 7.04. The highest BCUT2D eigenvalue weighted by Crippen LogP contribution is 2.28. The smallest absolute Gasteiger partial charge is 0.262 e. The predicted molar refractivity (Wildman–Crippen MR) is 77.0 cm³/mol. The number of carbonyl (C=O) groups excluding carboxylic acids is 1. The molecule has 1 amide bonds. The summed E-state index contributed by atoms with van der Waals surface area (Å²) in [6, 6.07) is 12.2. The second kappa shape index (κ2) is 5.83. The van der Waals surface area contributed by atoms with Crippen molar-refractivity contribution in [3.8, 4) is 11.1 Å². The lowest BCUT2D eigenvalue weighted by molar-refractivity contribution is 0.0944. The number of hydrogen-bond acceptors (Lipinski definition) is 2. The van der Waals surface area contributed by atoms with E-state index in [1.54, 1.807) is 0 Å². The van der Waals surface area contributed by atoms with Crippen molar-refractivity contribution in [1.82, 2.24) is 5.32 Å². The third-order valence-corrected chi connectivity index (χ3v) is 3.86. The van der Waals surface area contributed by atoms with Crippen LogP contribution in [-0.4, -0.2) is 11.9 Å². The summed E-state index contributed by atoms with van der Waals surface area (Å²) in [7, 11) is 0. The maximum Gasteiger partial charge on any atom is 0.262 e. The van der Waals surface area contributed by atoms with Gasteiger partial charge in [0.2, 0.25) is 0 Å². The van der Waals surface area contributed by atoms with Crippen molar-refractivity contribution < 1.29 is 4.79 Å². The Bertz CT molecular complexity index is 518. The van der Waals surface area contributed by atoms with Gasteiger partial charge >= 0.3 is 0 Å². The van der Waals surface area contributed by atoms with Crippen LogP contribution in [0.3, 0.4) is 0 Å². The molecule has 0 aliphatic carbocycles. The van der Waals surface area contributed by atoms with E-state index in [9.17, 15) is 4.79 Å². The standard InChI is InChI=1S/C15H17NOS/c1-3-11(2)16-15(17)14-13(9-10-18-14)12-7-5-4-6-8-12/h4-11H,3H2,1-2H3,(H,16,17)/t11-/m0/s1. The molecule has 1 atom stereocenters. The Morgan fingerprint density at radius 2 is 2.00 bits per heavy atom. The van der Waals surface area contributed by atoms with Gasteiger partial charge in [-0.25, -0.2) is 0 Å². The fourth-order valence-corrected chi connectivity index (χ4v) is 2.54. The van der Waals surface area contributed by atoms with Gasteiger partial charge in [0.15, 0.2) is 0 Å². The third kappa shape index (κ3) is 2.79. The van der Waals surface area contributed by atoms with Gasteiger partial charge < -0.3 is 5.32 Å². The molecule has 1 heterocycles. The third-order valence-electron chi connectivity index (χ3n) is 2.95. The minimum absolute atomic E-state index is 0.0261. The average Bonchev–Trinajstić information content (AvgIpc) is 2.88. The van der Waals surface area contributed by atoms with Crippen LogP contribution in [-0.2, 0) is 0 Å². The van der Waals surface area contributed by atoms with Crippen LogP contribution in [0.25, 0.3) is 11.1 Å². The first kappa shape index (κ1) is 12.8. The molecular formula is C15H17NOS. The number of nitrogens with one attached hydrogen (secondary N) is 1. The van der Waals surface area contributed by atoms with E-state index in [0.29, 0.717) is 0 Å². The lowest BCUT2D eigenvalue weighted by atomic mass is 10.1. The van der Waals surface area contributed by atoms with E-state index in [0.717, 1.165) is 22.4 Å². The molecule has 2 aromatic rings. The largest absolute Gasteiger partial charge is 0.349 e. The summed E-state index contributed by atoms with van der Waals surface area (Å²) in [6.45, 7) is 4.09. The van der Waals surface area contributed by atoms with Gasteiger partial charge in [-0.2, -0.15) is 0 Å². The number of thiophene rings is 1. The molecule has 1 N–H and O–H groups in total. The van der Waals surface area contributed by atoms with Crippen LogP contribution in [0.5, 0.6) is 0 Å². The number of carbonyl (C=O) groups is 1. The van der Waals surface area contributed by atoms with Gasteiger partial charge in [-0.15, -0.1) is 11.3 Å². The van der Waals surface area contributed by atoms with Gasteiger partial charge in [0.1, 0.15) is 0 Å². The Hall–Kier alpha value is -1.61. The number of amides is 1. The number of benzene rings is 1. The van der Waals surface area contributed by atoms with E-state index in [-0.39, 0.29) is 11.9 Å². The van der Waals surface area contributed by atoms with Gasteiger partial charge in [0, 0.05) is 11.6 Å². The van der Waals surface area contributed by atoms with E-state index in [1.165, 1.54) is 11.3 Å². The highest BCUT2D eigenvalue weighted by Gasteiger charge is 2.15. The Labute approximate surface area is 112 Å². The van der Waals surface area contributed by atoms with Gasteiger partial charge in [0.05, 0.1) is 4.88 Å². The topological polar surface area (TPSA) is 29.1 Å². The van der Waals surface area contributed by atoms with E-state index in [4.69, 9.17) is 0 Å². The molecule has 0 unspecified atom stereocenters. The summed E-state index contributed by atoms with van der Waals surface area (Å²) in [4.78, 5) is 13.0. The summed E-state index contributed by atoms with van der Waals surface area (Å²) in [5.74, 6) is 0.0261. The second-order valence-corrected chi connectivity index (χ2v) is 5.23. The maximum atomic E-state index is 12.2. The molecule has 2 nitrogen and oxygen atoms in total. The van der Waals surface area contributed by atoms with Crippen LogP contribution >= 0.6 is 11.3 Å². The molecule has 0 radical (unpaired) electrons. The van der Waals surface area contributed by atoms with Crippen molar-refractivity contribution in [3.63, 3.8) is 0 Å². The summed E-state index contributed by atoms with van der Waals surface area (Å²) in [6.07, 6.45) is 0.942. The fraction of sp³-hybridized carbons (Fsp3) is 0.267. The van der Waals surface area contributed by atoms with Crippen LogP contribution < -0.4 is 5.32 Å². The minimum atomic E-state index is 0.0261. The van der Waals surface area contributed by atoms with Crippen LogP contribution in [0.4, 0.5) is 0 Å². The zero-order valence-electron chi connectivity index (χ0n) is 10.6. The van der Waals surface area contributed by atoms with Gasteiger partial charge in [0.25, 0.3) is 5.91 Å². The molecule has 94 valence electrons. The van der Waals surface area contributed by atoms with Crippen LogP contribution in [0.2, 0.25) is 0 Å². The fourth-order valence-electron chi connectivity index (χ4n) is 1.72. The molecule has 0 fully saturated rings. The first-order valence-electron chi connectivity index (χ1n) is 6.16. The van der Waals surface area contributed by atoms with Gasteiger partial charge in [-0.1, -0.05) is 37.3 Å². The van der Waals surface area contributed by atoms with Crippen LogP contribution in [0.1, 0.15) is 29.9 Å². The first-order chi connectivity index (χ1) is 8.72. The molecule has 2 rings (SSSR count). The number of rotatable bonds is 4. The van der Waals surface area contributed by atoms with Crippen molar-refractivity contribution in [3.05, 3.63) is 46.7 Å². The van der Waals surface area contributed by atoms with Gasteiger partial charge in [-0.05, 0) is 30.4 Å². The Kier molecular flexibility index (Phi) is 4.15. The Morgan fingerprint density at radius 1 is 1.28 bits per heavy atom. The molecular weight excluding hydrogens is 242 g/mol. The summed E-state index contributed by atoms with van der Waals surface area (Å²) in [5, 5.41) is 4.98. The van der Waals surface area contributed by atoms with E-state index in [1.807, 2.05) is 48.7 Å². The summed E-state index contributed by atoms with van der Waals surface area (Å²) in [5.41, 5.74) is 2.11. The summed E-state index contributed by atoms with van der Waals surface area (Å²) < 4.78 is 0. The molecule has 0 aliphatic rings. The molecule has 0 spiro atoms. The summed E-state index contributed by atoms with van der Waals surface area (Å²) >= 11 is 1.49. The highest BCUT2D eigenvalue weighted by atomic mass is 32.1. The molecule has 1 aromatic heterocycles. The molecule has 3 heteroatoms. The molecule has 0 saturated heterocycles. The molecule has 0 aliphatic heterocycles. The second-order valence-electron chi connectivity index (χ2n) is 4.31. The SMILES string of the molecule is CC[C@H](C)NC(=O)c1sccc1-c1ccccc1. The highest BCUT2D eigenvalue weighted by molar-refractivity contribution is 7.12. The van der Waals surface area contributed by atoms with Crippen molar-refractivity contribution in [2.75, 3.05) is 0 Å². The quantitative estimate of drug-likeness (QED) is 0.885. The van der Waals surface area contributed by atoms with E-state index >= 15 is 0 Å². The maximum absolute atomic E-state index is 12.2. The van der Waals surface area contributed by atoms with E-state index < -0.39 is 0 Å². The number of hydrogen-bond donors (Lipinski definition) is 1. The Morgan fingerprint density at radius 3 is 2.67 bits per heavy atom.